The molecular weight excluding hydrogens is 471 g/mol. The number of nitrogens with zero attached hydrogens (tertiary/aromatic N) is 4. The van der Waals surface area contributed by atoms with Gasteiger partial charge in [0, 0.05) is 34.9 Å². The van der Waals surface area contributed by atoms with Crippen LogP contribution in [-0.2, 0) is 4.79 Å². The molecule has 0 spiro atoms. The van der Waals surface area contributed by atoms with E-state index in [0.29, 0.717) is 57.1 Å². The smallest absolute Gasteiger partial charge is 0.228 e. The van der Waals surface area contributed by atoms with E-state index in [1.807, 2.05) is 30.3 Å². The number of hydrogen-bond acceptors (Lipinski definition) is 5. The van der Waals surface area contributed by atoms with Crippen LogP contribution in [0.2, 0.25) is 10.0 Å². The van der Waals surface area contributed by atoms with E-state index < -0.39 is 0 Å². The maximum absolute atomic E-state index is 13.4. The summed E-state index contributed by atoms with van der Waals surface area (Å²) in [4.78, 5) is 22.8. The Bertz CT molecular complexity index is 1510. The Kier molecular flexibility index (Phi) is 4.80. The molecule has 1 aliphatic carbocycles. The largest absolute Gasteiger partial charge is 0.442 e. The van der Waals surface area contributed by atoms with Crippen molar-refractivity contribution in [3.05, 3.63) is 87.4 Å². The van der Waals surface area contributed by atoms with Crippen molar-refractivity contribution in [2.24, 2.45) is 5.41 Å². The van der Waals surface area contributed by atoms with Gasteiger partial charge in [-0.2, -0.15) is 0 Å². The second-order valence-electron chi connectivity index (χ2n) is 9.51. The lowest BCUT2D eigenvalue weighted by Crippen LogP contribution is -2.33. The first-order chi connectivity index (χ1) is 16.3. The number of carbonyl (C=O) groups is 1. The molecule has 1 atom stereocenters. The molecule has 34 heavy (non-hydrogen) atoms. The molecule has 4 aromatic rings. The molecule has 0 radical (unpaired) electrons. The number of rotatable bonds is 2. The normalized spacial score (nSPS) is 19.1. The van der Waals surface area contributed by atoms with Crippen molar-refractivity contribution < 1.29 is 9.53 Å². The second kappa shape index (κ2) is 7.65. The van der Waals surface area contributed by atoms with Crippen LogP contribution in [0, 0.1) is 5.41 Å². The first-order valence-electron chi connectivity index (χ1n) is 11.0. The standard InChI is InChI=1S/C26H20Cl2N4O2/c1-26(2)11-18(33)21-19(12-26)34-25-22(20(21)14-6-4-3-5-7-14)24-30-23(31-32(24)13-29-25)16-9-8-15(27)10-17(16)28/h3-10,13,20H,11-12H2,1-2H3. The molecule has 2 aromatic carbocycles. The van der Waals surface area contributed by atoms with Gasteiger partial charge in [0.15, 0.2) is 17.3 Å². The van der Waals surface area contributed by atoms with Crippen LogP contribution in [0.4, 0.5) is 0 Å². The summed E-state index contributed by atoms with van der Waals surface area (Å²) in [7, 11) is 0. The number of allylic oxidation sites excluding steroid dienone is 2. The van der Waals surface area contributed by atoms with Gasteiger partial charge in [-0.15, -0.1) is 5.10 Å². The molecule has 0 N–H and O–H groups in total. The minimum atomic E-state index is -0.350. The number of benzene rings is 2. The molecular formula is C26H20Cl2N4O2. The summed E-state index contributed by atoms with van der Waals surface area (Å²) < 4.78 is 7.89. The van der Waals surface area contributed by atoms with Gasteiger partial charge in [0.1, 0.15) is 12.1 Å². The zero-order valence-corrected chi connectivity index (χ0v) is 20.1. The maximum atomic E-state index is 13.4. The first-order valence-corrected chi connectivity index (χ1v) is 11.8. The molecule has 170 valence electrons. The van der Waals surface area contributed by atoms with Gasteiger partial charge in [0.25, 0.3) is 0 Å². The minimum Gasteiger partial charge on any atom is -0.442 e. The molecule has 0 saturated carbocycles. The van der Waals surface area contributed by atoms with Gasteiger partial charge in [-0.1, -0.05) is 67.4 Å². The van der Waals surface area contributed by atoms with E-state index in [1.54, 1.807) is 29.0 Å². The quantitative estimate of drug-likeness (QED) is 0.331. The zero-order chi connectivity index (χ0) is 23.6. The van der Waals surface area contributed by atoms with Gasteiger partial charge < -0.3 is 4.74 Å². The molecule has 0 amide bonds. The van der Waals surface area contributed by atoms with Crippen molar-refractivity contribution in [3.8, 4) is 17.3 Å². The summed E-state index contributed by atoms with van der Waals surface area (Å²) in [6.07, 6.45) is 2.71. The van der Waals surface area contributed by atoms with E-state index in [9.17, 15) is 4.79 Å². The Hall–Kier alpha value is -3.22. The van der Waals surface area contributed by atoms with Crippen LogP contribution in [0.3, 0.4) is 0 Å². The lowest BCUT2D eigenvalue weighted by Gasteiger charge is -2.37. The molecule has 2 aliphatic rings. The number of ketones is 1. The highest BCUT2D eigenvalue weighted by atomic mass is 35.5. The summed E-state index contributed by atoms with van der Waals surface area (Å²) in [5, 5.41) is 5.60. The average molecular weight is 491 g/mol. The number of aromatic nitrogens is 4. The maximum Gasteiger partial charge on any atom is 0.228 e. The molecule has 0 saturated heterocycles. The number of halogens is 2. The Morgan fingerprint density at radius 2 is 1.88 bits per heavy atom. The molecule has 1 aliphatic heterocycles. The van der Waals surface area contributed by atoms with Crippen molar-refractivity contribution in [3.63, 3.8) is 0 Å². The minimum absolute atomic E-state index is 0.0910. The van der Waals surface area contributed by atoms with E-state index in [1.165, 1.54) is 0 Å². The number of fused-ring (bicyclic) bond motifs is 3. The highest BCUT2D eigenvalue weighted by Gasteiger charge is 2.43. The van der Waals surface area contributed by atoms with Gasteiger partial charge >= 0.3 is 0 Å². The molecule has 6 nitrogen and oxygen atoms in total. The van der Waals surface area contributed by atoms with E-state index in [2.05, 4.69) is 23.9 Å². The lowest BCUT2D eigenvalue weighted by atomic mass is 9.70. The summed E-state index contributed by atoms with van der Waals surface area (Å²) >= 11 is 12.5. The van der Waals surface area contributed by atoms with Crippen LogP contribution in [0.5, 0.6) is 5.88 Å². The van der Waals surface area contributed by atoms with Crippen molar-refractivity contribution in [1.82, 2.24) is 19.6 Å². The van der Waals surface area contributed by atoms with E-state index in [0.717, 1.165) is 11.1 Å². The number of carbonyl (C=O) groups excluding carboxylic acids is 1. The SMILES string of the molecule is CC1(C)CC(=O)C2=C(C1)Oc1ncn3nc(-c4ccc(Cl)cc4Cl)nc3c1C2c1ccccc1. The Balaban J connectivity index is 1.60. The molecule has 0 bridgehead atoms. The number of ether oxygens (including phenoxy) is 1. The fourth-order valence-electron chi connectivity index (χ4n) is 4.91. The monoisotopic (exact) mass is 490 g/mol. The van der Waals surface area contributed by atoms with Crippen LogP contribution >= 0.6 is 23.2 Å². The summed E-state index contributed by atoms with van der Waals surface area (Å²) in [5.41, 5.74) is 3.45. The summed E-state index contributed by atoms with van der Waals surface area (Å²) in [6.45, 7) is 4.17. The third-order valence-corrected chi connectivity index (χ3v) is 6.92. The van der Waals surface area contributed by atoms with Crippen molar-refractivity contribution >= 4 is 34.6 Å². The fraction of sp³-hybridized carbons (Fsp3) is 0.231. The zero-order valence-electron chi connectivity index (χ0n) is 18.5. The van der Waals surface area contributed by atoms with Crippen molar-refractivity contribution in [1.29, 1.82) is 0 Å². The average Bonchev–Trinajstić information content (AvgIpc) is 3.21. The van der Waals surface area contributed by atoms with Crippen LogP contribution < -0.4 is 4.74 Å². The number of hydrogen-bond donors (Lipinski definition) is 0. The number of Topliss-reactive ketones (excluding diaryl/α,β-unsaturated/α-hetero) is 1. The molecule has 8 heteroatoms. The Labute approximate surface area is 206 Å². The van der Waals surface area contributed by atoms with Gasteiger partial charge in [-0.05, 0) is 29.2 Å². The molecule has 2 aromatic heterocycles. The highest BCUT2D eigenvalue weighted by molar-refractivity contribution is 6.36. The summed E-state index contributed by atoms with van der Waals surface area (Å²) in [5.74, 6) is 1.33. The van der Waals surface area contributed by atoms with E-state index in [-0.39, 0.29) is 17.1 Å². The van der Waals surface area contributed by atoms with Gasteiger partial charge in [-0.25, -0.2) is 14.5 Å². The first kappa shape index (κ1) is 21.3. The third-order valence-electron chi connectivity index (χ3n) is 6.37. The van der Waals surface area contributed by atoms with Crippen LogP contribution in [0.15, 0.2) is 66.2 Å². The van der Waals surface area contributed by atoms with Crippen LogP contribution in [0.1, 0.15) is 43.7 Å². The Morgan fingerprint density at radius 1 is 1.09 bits per heavy atom. The molecule has 3 heterocycles. The van der Waals surface area contributed by atoms with Crippen molar-refractivity contribution in [2.45, 2.75) is 32.6 Å². The van der Waals surface area contributed by atoms with Crippen LogP contribution in [-0.4, -0.2) is 25.4 Å². The second-order valence-corrected chi connectivity index (χ2v) is 10.4. The predicted octanol–water partition coefficient (Wildman–Crippen LogP) is 6.27. The fourth-order valence-corrected chi connectivity index (χ4v) is 5.40. The van der Waals surface area contributed by atoms with Gasteiger partial charge in [0.05, 0.1) is 10.6 Å². The third kappa shape index (κ3) is 3.40. The molecule has 1 unspecified atom stereocenters. The molecule has 6 rings (SSSR count). The predicted molar refractivity (Wildman–Crippen MR) is 130 cm³/mol. The summed E-state index contributed by atoms with van der Waals surface area (Å²) in [6, 6.07) is 15.1. The Morgan fingerprint density at radius 3 is 2.65 bits per heavy atom. The van der Waals surface area contributed by atoms with Gasteiger partial charge in [-0.3, -0.25) is 4.79 Å². The van der Waals surface area contributed by atoms with Gasteiger partial charge in [0.2, 0.25) is 5.88 Å². The topological polar surface area (TPSA) is 69.4 Å². The van der Waals surface area contributed by atoms with E-state index in [4.69, 9.17) is 32.9 Å². The van der Waals surface area contributed by atoms with Crippen molar-refractivity contribution in [2.75, 3.05) is 0 Å². The van der Waals surface area contributed by atoms with E-state index >= 15 is 0 Å². The highest BCUT2D eigenvalue weighted by Crippen LogP contribution is 2.50. The van der Waals surface area contributed by atoms with Crippen LogP contribution in [0.25, 0.3) is 17.0 Å². The molecule has 0 fully saturated rings. The lowest BCUT2D eigenvalue weighted by molar-refractivity contribution is -0.118.